The lowest BCUT2D eigenvalue weighted by Gasteiger charge is -2.21. The monoisotopic (exact) mass is 379 g/mol. The van der Waals surface area contributed by atoms with Gasteiger partial charge < -0.3 is 19.5 Å². The topological polar surface area (TPSA) is 41.9 Å². The van der Waals surface area contributed by atoms with Crippen molar-refractivity contribution < 1.29 is 14.6 Å². The molecule has 0 saturated heterocycles. The second-order valence-corrected chi connectivity index (χ2v) is 7.56. The zero-order chi connectivity index (χ0) is 19.7. The van der Waals surface area contributed by atoms with Crippen LogP contribution in [-0.4, -0.2) is 50.0 Å². The molecule has 1 aromatic rings. The molecule has 4 nitrogen and oxygen atoms in total. The van der Waals surface area contributed by atoms with Gasteiger partial charge in [0, 0.05) is 6.54 Å². The zero-order valence-corrected chi connectivity index (χ0v) is 17.8. The Bertz CT molecular complexity index is 467. The molecule has 1 unspecified atom stereocenters. The summed E-state index contributed by atoms with van der Waals surface area (Å²) in [6.45, 7) is 4.21. The van der Waals surface area contributed by atoms with Gasteiger partial charge in [-0.1, -0.05) is 76.8 Å². The third-order valence-corrected chi connectivity index (χ3v) is 4.92. The van der Waals surface area contributed by atoms with E-state index in [0.29, 0.717) is 18.0 Å². The highest BCUT2D eigenvalue weighted by molar-refractivity contribution is 5.39. The van der Waals surface area contributed by atoms with Crippen LogP contribution < -0.4 is 9.47 Å². The van der Waals surface area contributed by atoms with Crippen LogP contribution in [-0.2, 0) is 0 Å². The van der Waals surface area contributed by atoms with Crippen LogP contribution in [0.3, 0.4) is 0 Å². The van der Waals surface area contributed by atoms with Crippen LogP contribution in [0.2, 0.25) is 0 Å². The van der Waals surface area contributed by atoms with Crippen molar-refractivity contribution in [2.75, 3.05) is 33.9 Å². The van der Waals surface area contributed by atoms with Crippen LogP contribution in [0.15, 0.2) is 24.3 Å². The van der Waals surface area contributed by atoms with E-state index < -0.39 is 6.10 Å². The highest BCUT2D eigenvalue weighted by Gasteiger charge is 2.10. The molecule has 0 bridgehead atoms. The molecule has 1 rings (SSSR count). The first kappa shape index (κ1) is 23.8. The first-order chi connectivity index (χ1) is 13.2. The average Bonchev–Trinajstić information content (AvgIpc) is 2.68. The van der Waals surface area contributed by atoms with Crippen molar-refractivity contribution in [1.29, 1.82) is 0 Å². The van der Waals surface area contributed by atoms with E-state index in [1.54, 1.807) is 7.11 Å². The van der Waals surface area contributed by atoms with Crippen LogP contribution in [0.5, 0.6) is 11.5 Å². The van der Waals surface area contributed by atoms with Gasteiger partial charge in [-0.15, -0.1) is 0 Å². The minimum Gasteiger partial charge on any atom is -0.493 e. The third kappa shape index (κ3) is 11.9. The van der Waals surface area contributed by atoms with Crippen molar-refractivity contribution in [3.05, 3.63) is 24.3 Å². The summed E-state index contributed by atoms with van der Waals surface area (Å²) in [6, 6.07) is 7.53. The Morgan fingerprint density at radius 1 is 0.889 bits per heavy atom. The number of likely N-dealkylation sites (N-methyl/N-ethyl adjacent to an activating group) is 1. The number of aliphatic hydroxyl groups is 1. The number of nitrogens with zero attached hydrogens (tertiary/aromatic N) is 1. The van der Waals surface area contributed by atoms with Crippen molar-refractivity contribution in [3.63, 3.8) is 0 Å². The summed E-state index contributed by atoms with van der Waals surface area (Å²) < 4.78 is 11.0. The summed E-state index contributed by atoms with van der Waals surface area (Å²) >= 11 is 0. The fourth-order valence-corrected chi connectivity index (χ4v) is 3.30. The maximum absolute atomic E-state index is 10.2. The number of hydrogen-bond donors (Lipinski definition) is 1. The molecule has 0 aliphatic heterocycles. The molecule has 0 aliphatic carbocycles. The Kier molecular flexibility index (Phi) is 13.9. The minimum atomic E-state index is -0.497. The van der Waals surface area contributed by atoms with Gasteiger partial charge >= 0.3 is 0 Å². The Hall–Kier alpha value is -1.26. The molecule has 4 heteroatoms. The second-order valence-electron chi connectivity index (χ2n) is 7.56. The minimum absolute atomic E-state index is 0.281. The van der Waals surface area contributed by atoms with Crippen molar-refractivity contribution in [2.45, 2.75) is 77.2 Å². The normalized spacial score (nSPS) is 12.3. The number of para-hydroxylation sites is 2. The largest absolute Gasteiger partial charge is 0.493 e. The summed E-state index contributed by atoms with van der Waals surface area (Å²) in [5, 5.41) is 10.2. The van der Waals surface area contributed by atoms with Gasteiger partial charge in [-0.05, 0) is 32.1 Å². The zero-order valence-electron chi connectivity index (χ0n) is 17.8. The molecule has 1 atom stereocenters. The molecule has 0 spiro atoms. The molecule has 0 aromatic heterocycles. The Balaban J connectivity index is 2.01. The third-order valence-electron chi connectivity index (χ3n) is 4.92. The van der Waals surface area contributed by atoms with Crippen molar-refractivity contribution in [2.24, 2.45) is 0 Å². The number of hydrogen-bond acceptors (Lipinski definition) is 4. The van der Waals surface area contributed by atoms with E-state index in [2.05, 4.69) is 18.9 Å². The molecule has 156 valence electrons. The van der Waals surface area contributed by atoms with Crippen LogP contribution in [0.4, 0.5) is 0 Å². The molecule has 1 aromatic carbocycles. The second kappa shape index (κ2) is 15.8. The quantitative estimate of drug-likeness (QED) is 0.374. The van der Waals surface area contributed by atoms with E-state index in [1.165, 1.54) is 64.2 Å². The molecule has 0 amide bonds. The predicted molar refractivity (Wildman–Crippen MR) is 114 cm³/mol. The van der Waals surface area contributed by atoms with Gasteiger partial charge in [0.1, 0.15) is 12.7 Å². The molecule has 0 fully saturated rings. The van der Waals surface area contributed by atoms with Crippen LogP contribution in [0, 0.1) is 0 Å². The lowest BCUT2D eigenvalue weighted by molar-refractivity contribution is 0.0747. The summed E-state index contributed by atoms with van der Waals surface area (Å²) in [4.78, 5) is 2.20. The number of benzene rings is 1. The standard InChI is InChI=1S/C23H41NO3/c1-4-5-6-7-8-9-10-11-12-15-18-24(2)19-21(25)20-27-23-17-14-13-16-22(23)26-3/h13-14,16-17,21,25H,4-12,15,18-20H2,1-3H3. The first-order valence-electron chi connectivity index (χ1n) is 10.8. The van der Waals surface area contributed by atoms with Crippen LogP contribution in [0.1, 0.15) is 71.1 Å². The Morgan fingerprint density at radius 2 is 1.44 bits per heavy atom. The number of methoxy groups -OCH3 is 1. The fraction of sp³-hybridized carbons (Fsp3) is 0.739. The van der Waals surface area contributed by atoms with Gasteiger partial charge in [-0.3, -0.25) is 0 Å². The molecular weight excluding hydrogens is 338 g/mol. The van der Waals surface area contributed by atoms with Crippen LogP contribution >= 0.6 is 0 Å². The number of rotatable bonds is 17. The van der Waals surface area contributed by atoms with Gasteiger partial charge in [0.2, 0.25) is 0 Å². The van der Waals surface area contributed by atoms with Crippen molar-refractivity contribution >= 4 is 0 Å². The molecule has 0 radical (unpaired) electrons. The molecule has 0 saturated carbocycles. The smallest absolute Gasteiger partial charge is 0.161 e. The number of aliphatic hydroxyl groups excluding tert-OH is 1. The molecule has 0 heterocycles. The number of ether oxygens (including phenoxy) is 2. The molecular formula is C23H41NO3. The van der Waals surface area contributed by atoms with Gasteiger partial charge in [0.15, 0.2) is 11.5 Å². The van der Waals surface area contributed by atoms with E-state index in [-0.39, 0.29) is 6.61 Å². The molecule has 1 N–H and O–H groups in total. The van der Waals surface area contributed by atoms with E-state index in [4.69, 9.17) is 9.47 Å². The van der Waals surface area contributed by atoms with E-state index in [0.717, 1.165) is 6.54 Å². The Labute approximate surface area is 166 Å². The maximum Gasteiger partial charge on any atom is 0.161 e. The summed E-state index contributed by atoms with van der Waals surface area (Å²) in [5.41, 5.74) is 0. The fourth-order valence-electron chi connectivity index (χ4n) is 3.30. The van der Waals surface area contributed by atoms with Crippen LogP contribution in [0.25, 0.3) is 0 Å². The molecule has 0 aliphatic rings. The maximum atomic E-state index is 10.2. The van der Waals surface area contributed by atoms with Gasteiger partial charge in [0.25, 0.3) is 0 Å². The lowest BCUT2D eigenvalue weighted by Crippen LogP contribution is -2.33. The van der Waals surface area contributed by atoms with E-state index >= 15 is 0 Å². The summed E-state index contributed by atoms with van der Waals surface area (Å²) in [5.74, 6) is 1.37. The average molecular weight is 380 g/mol. The SMILES string of the molecule is CCCCCCCCCCCCN(C)CC(O)COc1ccccc1OC. The lowest BCUT2D eigenvalue weighted by atomic mass is 10.1. The highest BCUT2D eigenvalue weighted by atomic mass is 16.5. The van der Waals surface area contributed by atoms with E-state index in [9.17, 15) is 5.11 Å². The van der Waals surface area contributed by atoms with Gasteiger partial charge in [0.05, 0.1) is 7.11 Å². The van der Waals surface area contributed by atoms with Gasteiger partial charge in [-0.25, -0.2) is 0 Å². The summed E-state index contributed by atoms with van der Waals surface area (Å²) in [7, 11) is 3.69. The van der Waals surface area contributed by atoms with Crippen molar-refractivity contribution in [1.82, 2.24) is 4.90 Å². The highest BCUT2D eigenvalue weighted by Crippen LogP contribution is 2.25. The summed E-state index contributed by atoms with van der Waals surface area (Å²) in [6.07, 6.45) is 13.0. The predicted octanol–water partition coefficient (Wildman–Crippen LogP) is 5.29. The molecule has 27 heavy (non-hydrogen) atoms. The van der Waals surface area contributed by atoms with E-state index in [1.807, 2.05) is 24.3 Å². The van der Waals surface area contributed by atoms with Crippen molar-refractivity contribution in [3.8, 4) is 11.5 Å². The van der Waals surface area contributed by atoms with Gasteiger partial charge in [-0.2, -0.15) is 0 Å². The number of unbranched alkanes of at least 4 members (excludes halogenated alkanes) is 9. The first-order valence-corrected chi connectivity index (χ1v) is 10.8. The Morgan fingerprint density at radius 3 is 2.04 bits per heavy atom.